The molecule has 3 nitrogen and oxygen atoms in total. The molecule has 0 saturated carbocycles. The molecule has 0 aromatic carbocycles. The Balaban J connectivity index is 2.28. The van der Waals surface area contributed by atoms with E-state index in [1.54, 1.807) is 17.0 Å². The number of aromatic nitrogens is 2. The van der Waals surface area contributed by atoms with Gasteiger partial charge < -0.3 is 0 Å². The number of halogens is 1. The van der Waals surface area contributed by atoms with Gasteiger partial charge in [0.15, 0.2) is 0 Å². The number of carbonyl (C=O) groups excluding carboxylic acids is 1. The molecule has 0 fully saturated rings. The van der Waals surface area contributed by atoms with Crippen LogP contribution in [-0.4, -0.2) is 15.5 Å². The SMILES string of the molecule is CC(=O)n1ccc2c(-c3ccc(Cl)s3)ccnc21. The summed E-state index contributed by atoms with van der Waals surface area (Å²) >= 11 is 7.48. The van der Waals surface area contributed by atoms with Crippen molar-refractivity contribution < 1.29 is 4.79 Å². The van der Waals surface area contributed by atoms with E-state index in [-0.39, 0.29) is 5.91 Å². The zero-order valence-corrected chi connectivity index (χ0v) is 11.1. The van der Waals surface area contributed by atoms with E-state index in [0.29, 0.717) is 5.65 Å². The third-order valence-corrected chi connectivity index (χ3v) is 4.03. The van der Waals surface area contributed by atoms with Crippen LogP contribution >= 0.6 is 22.9 Å². The van der Waals surface area contributed by atoms with Crippen molar-refractivity contribution in [3.8, 4) is 10.4 Å². The van der Waals surface area contributed by atoms with Gasteiger partial charge in [0.05, 0.1) is 4.34 Å². The predicted molar refractivity (Wildman–Crippen MR) is 74.4 cm³/mol. The first-order chi connectivity index (χ1) is 8.66. The summed E-state index contributed by atoms with van der Waals surface area (Å²) in [6, 6.07) is 7.70. The van der Waals surface area contributed by atoms with Gasteiger partial charge in [-0.25, -0.2) is 4.98 Å². The first-order valence-electron chi connectivity index (χ1n) is 5.39. The number of carbonyl (C=O) groups is 1. The van der Waals surface area contributed by atoms with E-state index >= 15 is 0 Å². The maximum Gasteiger partial charge on any atom is 0.229 e. The lowest BCUT2D eigenvalue weighted by molar-refractivity contribution is 0.0941. The van der Waals surface area contributed by atoms with Gasteiger partial charge in [-0.05, 0) is 24.3 Å². The Kier molecular flexibility index (Phi) is 2.69. The molecule has 0 radical (unpaired) electrons. The number of rotatable bonds is 1. The van der Waals surface area contributed by atoms with Crippen LogP contribution in [0.15, 0.2) is 36.7 Å². The first kappa shape index (κ1) is 11.4. The second-order valence-corrected chi connectivity index (χ2v) is 5.62. The number of fused-ring (bicyclic) bond motifs is 1. The smallest absolute Gasteiger partial charge is 0.229 e. The minimum Gasteiger partial charge on any atom is -0.274 e. The molecule has 0 atom stereocenters. The Morgan fingerprint density at radius 2 is 2.17 bits per heavy atom. The van der Waals surface area contributed by atoms with Crippen LogP contribution in [0.5, 0.6) is 0 Å². The van der Waals surface area contributed by atoms with Crippen molar-refractivity contribution in [2.75, 3.05) is 0 Å². The molecule has 0 spiro atoms. The molecule has 3 heterocycles. The molecule has 0 aliphatic carbocycles. The Morgan fingerprint density at radius 3 is 2.83 bits per heavy atom. The van der Waals surface area contributed by atoms with Crippen LogP contribution in [0.2, 0.25) is 4.34 Å². The monoisotopic (exact) mass is 276 g/mol. The van der Waals surface area contributed by atoms with Crippen LogP contribution < -0.4 is 0 Å². The number of hydrogen-bond acceptors (Lipinski definition) is 3. The first-order valence-corrected chi connectivity index (χ1v) is 6.59. The van der Waals surface area contributed by atoms with Crippen LogP contribution in [0.1, 0.15) is 11.7 Å². The van der Waals surface area contributed by atoms with E-state index in [1.165, 1.54) is 18.3 Å². The van der Waals surface area contributed by atoms with Gasteiger partial charge in [0.2, 0.25) is 5.91 Å². The highest BCUT2D eigenvalue weighted by Crippen LogP contribution is 2.35. The number of thiophene rings is 1. The highest BCUT2D eigenvalue weighted by atomic mass is 35.5. The van der Waals surface area contributed by atoms with Gasteiger partial charge in [-0.15, -0.1) is 11.3 Å². The second kappa shape index (κ2) is 4.23. The minimum atomic E-state index is -0.0427. The van der Waals surface area contributed by atoms with Crippen LogP contribution in [-0.2, 0) is 0 Å². The molecular weight excluding hydrogens is 268 g/mol. The van der Waals surface area contributed by atoms with E-state index in [1.807, 2.05) is 24.3 Å². The van der Waals surface area contributed by atoms with Crippen molar-refractivity contribution in [3.63, 3.8) is 0 Å². The second-order valence-electron chi connectivity index (χ2n) is 3.90. The summed E-state index contributed by atoms with van der Waals surface area (Å²) in [5.74, 6) is -0.0427. The Hall–Kier alpha value is -1.65. The summed E-state index contributed by atoms with van der Waals surface area (Å²) in [4.78, 5) is 16.8. The van der Waals surface area contributed by atoms with Crippen LogP contribution in [0, 0.1) is 0 Å². The molecule has 0 bridgehead atoms. The third kappa shape index (κ3) is 1.74. The molecule has 18 heavy (non-hydrogen) atoms. The Morgan fingerprint density at radius 1 is 1.33 bits per heavy atom. The standard InChI is InChI=1S/C13H9ClN2OS/c1-8(17)16-7-5-10-9(4-6-15-13(10)16)11-2-3-12(14)18-11/h2-7H,1H3. The Bertz CT molecular complexity index is 744. The van der Waals surface area contributed by atoms with E-state index in [4.69, 9.17) is 11.6 Å². The van der Waals surface area contributed by atoms with Gasteiger partial charge in [-0.3, -0.25) is 9.36 Å². The van der Waals surface area contributed by atoms with Crippen LogP contribution in [0.25, 0.3) is 21.5 Å². The van der Waals surface area contributed by atoms with E-state index in [9.17, 15) is 4.79 Å². The topological polar surface area (TPSA) is 34.9 Å². The summed E-state index contributed by atoms with van der Waals surface area (Å²) in [7, 11) is 0. The van der Waals surface area contributed by atoms with E-state index in [2.05, 4.69) is 4.98 Å². The number of pyridine rings is 1. The lowest BCUT2D eigenvalue weighted by atomic mass is 10.1. The summed E-state index contributed by atoms with van der Waals surface area (Å²) in [5, 5.41) is 0.964. The predicted octanol–water partition coefficient (Wildman–Crippen LogP) is 4.08. The maximum absolute atomic E-state index is 11.5. The third-order valence-electron chi connectivity index (χ3n) is 2.77. The molecular formula is C13H9ClN2OS. The Labute approximate surface area is 113 Å². The van der Waals surface area contributed by atoms with Gasteiger partial charge >= 0.3 is 0 Å². The molecule has 0 N–H and O–H groups in total. The molecule has 0 aliphatic rings. The summed E-state index contributed by atoms with van der Waals surface area (Å²) in [5.41, 5.74) is 1.74. The molecule has 3 rings (SSSR count). The van der Waals surface area contributed by atoms with Crippen LogP contribution in [0.3, 0.4) is 0 Å². The molecule has 3 aromatic heterocycles. The maximum atomic E-state index is 11.5. The molecule has 90 valence electrons. The van der Waals surface area contributed by atoms with Gasteiger partial charge in [0.25, 0.3) is 0 Å². The van der Waals surface area contributed by atoms with Gasteiger partial charge in [-0.1, -0.05) is 11.6 Å². The summed E-state index contributed by atoms with van der Waals surface area (Å²) < 4.78 is 2.30. The van der Waals surface area contributed by atoms with Gasteiger partial charge in [-0.2, -0.15) is 0 Å². The fourth-order valence-corrected chi connectivity index (χ4v) is 3.05. The number of hydrogen-bond donors (Lipinski definition) is 0. The molecule has 0 amide bonds. The van der Waals surface area contributed by atoms with Crippen LogP contribution in [0.4, 0.5) is 0 Å². The van der Waals surface area contributed by atoms with Gasteiger partial charge in [0.1, 0.15) is 5.65 Å². The fraction of sp³-hybridized carbons (Fsp3) is 0.0769. The van der Waals surface area contributed by atoms with Crippen molar-refractivity contribution >= 4 is 39.9 Å². The quantitative estimate of drug-likeness (QED) is 0.671. The molecule has 0 saturated heterocycles. The number of nitrogens with zero attached hydrogens (tertiary/aromatic N) is 2. The molecule has 0 unspecified atom stereocenters. The summed E-state index contributed by atoms with van der Waals surface area (Å²) in [6.45, 7) is 1.52. The molecule has 5 heteroatoms. The average Bonchev–Trinajstić information content (AvgIpc) is 2.94. The van der Waals surface area contributed by atoms with Crippen molar-refractivity contribution in [1.29, 1.82) is 0 Å². The molecule has 3 aromatic rings. The zero-order chi connectivity index (χ0) is 12.7. The van der Waals surface area contributed by atoms with Gasteiger partial charge in [0, 0.05) is 35.1 Å². The molecule has 0 aliphatic heterocycles. The van der Waals surface area contributed by atoms with Crippen molar-refractivity contribution in [3.05, 3.63) is 41.0 Å². The minimum absolute atomic E-state index is 0.0427. The zero-order valence-electron chi connectivity index (χ0n) is 9.55. The normalized spacial score (nSPS) is 11.0. The lowest BCUT2D eigenvalue weighted by Gasteiger charge is -2.01. The van der Waals surface area contributed by atoms with Crippen molar-refractivity contribution in [2.24, 2.45) is 0 Å². The van der Waals surface area contributed by atoms with Crippen molar-refractivity contribution in [2.45, 2.75) is 6.92 Å². The average molecular weight is 277 g/mol. The van der Waals surface area contributed by atoms with E-state index < -0.39 is 0 Å². The van der Waals surface area contributed by atoms with E-state index in [0.717, 1.165) is 20.2 Å². The summed E-state index contributed by atoms with van der Waals surface area (Å²) in [6.07, 6.45) is 3.46. The fourth-order valence-electron chi connectivity index (χ4n) is 1.97. The highest BCUT2D eigenvalue weighted by Gasteiger charge is 2.11. The highest BCUT2D eigenvalue weighted by molar-refractivity contribution is 7.19. The largest absolute Gasteiger partial charge is 0.274 e. The lowest BCUT2D eigenvalue weighted by Crippen LogP contribution is -2.04. The van der Waals surface area contributed by atoms with Crippen molar-refractivity contribution in [1.82, 2.24) is 9.55 Å².